The largest absolute Gasteiger partial charge is 0.497 e. The maximum atomic E-state index is 12.9. The van der Waals surface area contributed by atoms with E-state index in [2.05, 4.69) is 10.6 Å². The van der Waals surface area contributed by atoms with Gasteiger partial charge in [0.15, 0.2) is 0 Å². The number of sulfonamides is 1. The van der Waals surface area contributed by atoms with E-state index in [0.717, 1.165) is 0 Å². The molecule has 1 aliphatic heterocycles. The summed E-state index contributed by atoms with van der Waals surface area (Å²) in [5.41, 5.74) is 0.864. The fraction of sp³-hybridized carbons (Fsp3) is 0.417. The van der Waals surface area contributed by atoms with Crippen molar-refractivity contribution in [2.75, 3.05) is 32.1 Å². The molecule has 3 rings (SSSR count). The van der Waals surface area contributed by atoms with Crippen LogP contribution in [0.4, 0.5) is 5.69 Å². The van der Waals surface area contributed by atoms with Gasteiger partial charge in [-0.1, -0.05) is 26.0 Å². The molecule has 33 heavy (non-hydrogen) atoms. The molecule has 2 N–H and O–H groups in total. The monoisotopic (exact) mass is 473 g/mol. The number of hydrogen-bond acceptors (Lipinski definition) is 5. The molecule has 2 aromatic carbocycles. The van der Waals surface area contributed by atoms with Crippen LogP contribution in [-0.2, 0) is 14.8 Å². The summed E-state index contributed by atoms with van der Waals surface area (Å²) in [7, 11) is -2.11. The van der Waals surface area contributed by atoms with Crippen LogP contribution in [-0.4, -0.2) is 51.3 Å². The Morgan fingerprint density at radius 1 is 1.06 bits per heavy atom. The molecule has 0 radical (unpaired) electrons. The summed E-state index contributed by atoms with van der Waals surface area (Å²) in [5, 5.41) is 5.73. The highest BCUT2D eigenvalue weighted by Crippen LogP contribution is 2.26. The van der Waals surface area contributed by atoms with E-state index in [-0.39, 0.29) is 35.7 Å². The lowest BCUT2D eigenvalue weighted by atomic mass is 9.97. The van der Waals surface area contributed by atoms with Crippen LogP contribution < -0.4 is 15.4 Å². The van der Waals surface area contributed by atoms with Gasteiger partial charge in [-0.2, -0.15) is 4.31 Å². The van der Waals surface area contributed by atoms with Gasteiger partial charge in [0.25, 0.3) is 5.91 Å². The molecule has 0 spiro atoms. The van der Waals surface area contributed by atoms with Gasteiger partial charge in [-0.3, -0.25) is 9.59 Å². The minimum absolute atomic E-state index is 0.201. The first-order valence-electron chi connectivity index (χ1n) is 11.0. The van der Waals surface area contributed by atoms with Crippen molar-refractivity contribution in [3.8, 4) is 5.75 Å². The number of benzene rings is 2. The van der Waals surface area contributed by atoms with E-state index in [4.69, 9.17) is 4.74 Å². The smallest absolute Gasteiger partial charge is 0.253 e. The van der Waals surface area contributed by atoms with Crippen molar-refractivity contribution in [1.82, 2.24) is 9.62 Å². The van der Waals surface area contributed by atoms with E-state index >= 15 is 0 Å². The van der Waals surface area contributed by atoms with Gasteiger partial charge in [-0.25, -0.2) is 8.42 Å². The molecule has 1 heterocycles. The standard InChI is InChI=1S/C24H31N3O5S/c1-17(2)16-25-24(29)21-6-4-5-7-22(21)26-23(28)18-12-14-27(15-13-18)33(30,31)20-10-8-19(32-3)9-11-20/h4-11,17-18H,12-16H2,1-3H3,(H,25,29)(H,26,28). The molecule has 8 nitrogen and oxygen atoms in total. The van der Waals surface area contributed by atoms with Gasteiger partial charge < -0.3 is 15.4 Å². The zero-order valence-corrected chi connectivity index (χ0v) is 20.0. The van der Waals surface area contributed by atoms with Gasteiger partial charge >= 0.3 is 0 Å². The van der Waals surface area contributed by atoms with Gasteiger partial charge in [0, 0.05) is 25.6 Å². The number of piperidine rings is 1. The van der Waals surface area contributed by atoms with Crippen molar-refractivity contribution in [2.45, 2.75) is 31.6 Å². The Morgan fingerprint density at radius 2 is 1.70 bits per heavy atom. The number of amides is 2. The number of carbonyl (C=O) groups is 2. The topological polar surface area (TPSA) is 105 Å². The first-order valence-corrected chi connectivity index (χ1v) is 12.5. The van der Waals surface area contributed by atoms with Crippen molar-refractivity contribution in [2.24, 2.45) is 11.8 Å². The molecule has 178 valence electrons. The maximum Gasteiger partial charge on any atom is 0.253 e. The second-order valence-electron chi connectivity index (χ2n) is 8.49. The number of nitrogens with zero attached hydrogens (tertiary/aromatic N) is 1. The Kier molecular flexibility index (Phi) is 8.10. The van der Waals surface area contributed by atoms with E-state index < -0.39 is 10.0 Å². The van der Waals surface area contributed by atoms with E-state index in [1.54, 1.807) is 36.4 Å². The van der Waals surface area contributed by atoms with Crippen LogP contribution in [0.2, 0.25) is 0 Å². The van der Waals surface area contributed by atoms with E-state index in [1.807, 2.05) is 13.8 Å². The SMILES string of the molecule is COc1ccc(S(=O)(=O)N2CCC(C(=O)Nc3ccccc3C(=O)NCC(C)C)CC2)cc1. The lowest BCUT2D eigenvalue weighted by Gasteiger charge is -2.30. The average molecular weight is 474 g/mol. The summed E-state index contributed by atoms with van der Waals surface area (Å²) >= 11 is 0. The maximum absolute atomic E-state index is 12.9. The predicted octanol–water partition coefficient (Wildman–Crippen LogP) is 3.12. The van der Waals surface area contributed by atoms with Crippen molar-refractivity contribution in [3.63, 3.8) is 0 Å². The van der Waals surface area contributed by atoms with Crippen LogP contribution in [0.5, 0.6) is 5.75 Å². The third-order valence-electron chi connectivity index (χ3n) is 5.62. The summed E-state index contributed by atoms with van der Waals surface area (Å²) in [6.45, 7) is 5.07. The molecule has 1 aliphatic rings. The third-order valence-corrected chi connectivity index (χ3v) is 7.54. The second kappa shape index (κ2) is 10.8. The molecule has 0 unspecified atom stereocenters. The van der Waals surface area contributed by atoms with Gasteiger partial charge in [0.05, 0.1) is 23.3 Å². The Morgan fingerprint density at radius 3 is 2.30 bits per heavy atom. The van der Waals surface area contributed by atoms with Crippen LogP contribution in [0.3, 0.4) is 0 Å². The number of anilines is 1. The van der Waals surface area contributed by atoms with Crippen molar-refractivity contribution in [1.29, 1.82) is 0 Å². The van der Waals surface area contributed by atoms with Crippen LogP contribution in [0, 0.1) is 11.8 Å². The number of ether oxygens (including phenoxy) is 1. The molecule has 2 amide bonds. The molecular weight excluding hydrogens is 442 g/mol. The molecule has 0 aromatic heterocycles. The average Bonchev–Trinajstić information content (AvgIpc) is 2.83. The molecule has 0 aliphatic carbocycles. The summed E-state index contributed by atoms with van der Waals surface area (Å²) in [6, 6.07) is 13.2. The zero-order valence-electron chi connectivity index (χ0n) is 19.2. The number of carbonyl (C=O) groups excluding carboxylic acids is 2. The normalized spacial score (nSPS) is 15.3. The highest BCUT2D eigenvalue weighted by molar-refractivity contribution is 7.89. The minimum Gasteiger partial charge on any atom is -0.497 e. The number of nitrogens with one attached hydrogen (secondary N) is 2. The summed E-state index contributed by atoms with van der Waals surface area (Å²) in [4.78, 5) is 25.6. The van der Waals surface area contributed by atoms with Gasteiger partial charge in [-0.05, 0) is 55.2 Å². The fourth-order valence-electron chi connectivity index (χ4n) is 3.67. The molecular formula is C24H31N3O5S. The first kappa shape index (κ1) is 24.7. The first-order chi connectivity index (χ1) is 15.7. The number of hydrogen-bond donors (Lipinski definition) is 2. The van der Waals surface area contributed by atoms with Crippen molar-refractivity contribution >= 4 is 27.5 Å². The zero-order chi connectivity index (χ0) is 24.0. The van der Waals surface area contributed by atoms with E-state index in [0.29, 0.717) is 42.3 Å². The van der Waals surface area contributed by atoms with Crippen LogP contribution in [0.1, 0.15) is 37.0 Å². The Balaban J connectivity index is 1.61. The van der Waals surface area contributed by atoms with E-state index in [1.165, 1.54) is 23.5 Å². The molecule has 2 aromatic rings. The molecule has 1 fully saturated rings. The Bertz CT molecular complexity index is 1080. The highest BCUT2D eigenvalue weighted by atomic mass is 32.2. The summed E-state index contributed by atoms with van der Waals surface area (Å²) in [5.74, 6) is 0.122. The quantitative estimate of drug-likeness (QED) is 0.613. The molecule has 0 bridgehead atoms. The van der Waals surface area contributed by atoms with Gasteiger partial charge in [-0.15, -0.1) is 0 Å². The van der Waals surface area contributed by atoms with Gasteiger partial charge in [0.2, 0.25) is 15.9 Å². The van der Waals surface area contributed by atoms with Crippen LogP contribution in [0.25, 0.3) is 0 Å². The van der Waals surface area contributed by atoms with Crippen molar-refractivity contribution in [3.05, 3.63) is 54.1 Å². The molecule has 9 heteroatoms. The molecule has 0 saturated carbocycles. The number of rotatable bonds is 8. The summed E-state index contributed by atoms with van der Waals surface area (Å²) in [6.07, 6.45) is 0.811. The molecule has 1 saturated heterocycles. The van der Waals surface area contributed by atoms with Crippen molar-refractivity contribution < 1.29 is 22.7 Å². The summed E-state index contributed by atoms with van der Waals surface area (Å²) < 4.78 is 32.3. The molecule has 0 atom stereocenters. The number of para-hydroxylation sites is 1. The fourth-order valence-corrected chi connectivity index (χ4v) is 5.14. The van der Waals surface area contributed by atoms with Crippen LogP contribution in [0.15, 0.2) is 53.4 Å². The lowest BCUT2D eigenvalue weighted by molar-refractivity contribution is -0.120. The Hall–Kier alpha value is -2.91. The highest BCUT2D eigenvalue weighted by Gasteiger charge is 2.32. The third kappa shape index (κ3) is 6.11. The lowest BCUT2D eigenvalue weighted by Crippen LogP contribution is -2.41. The number of methoxy groups -OCH3 is 1. The van der Waals surface area contributed by atoms with Gasteiger partial charge in [0.1, 0.15) is 5.75 Å². The predicted molar refractivity (Wildman–Crippen MR) is 127 cm³/mol. The Labute approximate surface area is 195 Å². The minimum atomic E-state index is -3.63. The van der Waals surface area contributed by atoms with Crippen LogP contribution >= 0.6 is 0 Å². The van der Waals surface area contributed by atoms with E-state index in [9.17, 15) is 18.0 Å². The second-order valence-corrected chi connectivity index (χ2v) is 10.4.